The minimum atomic E-state index is -0.689. The third-order valence-electron chi connectivity index (χ3n) is 3.15. The number of carbonyl (C=O) groups excluding carboxylic acids is 2. The first kappa shape index (κ1) is 18.0. The molecule has 0 aromatic rings. The van der Waals surface area contributed by atoms with Gasteiger partial charge in [-0.3, -0.25) is 4.79 Å². The standard InChI is InChI=1S/C15H24N2O5/c1-9-10(8-18)5-6-11(19)13(9)17-12(20)7-16-14(21)22-15(2,3)4/h5-6,9-10,18-19H,7-8H2,1-4H3,(H,16,21)(H,17,20). The zero-order chi connectivity index (χ0) is 16.9. The molecule has 22 heavy (non-hydrogen) atoms. The fraction of sp³-hybridized carbons (Fsp3) is 0.600. The fourth-order valence-electron chi connectivity index (χ4n) is 1.98. The van der Waals surface area contributed by atoms with Crippen LogP contribution in [0.2, 0.25) is 0 Å². The molecule has 124 valence electrons. The summed E-state index contributed by atoms with van der Waals surface area (Å²) in [5.74, 6) is -0.945. The Labute approximate surface area is 130 Å². The Balaban J connectivity index is 2.54. The number of carbonyl (C=O) groups is 2. The molecular weight excluding hydrogens is 288 g/mol. The Morgan fingerprint density at radius 3 is 2.55 bits per heavy atom. The minimum Gasteiger partial charge on any atom is -0.506 e. The highest BCUT2D eigenvalue weighted by atomic mass is 16.6. The van der Waals surface area contributed by atoms with Gasteiger partial charge in [-0.1, -0.05) is 13.0 Å². The summed E-state index contributed by atoms with van der Waals surface area (Å²) in [5, 5.41) is 24.0. The second kappa shape index (κ2) is 7.31. The second-order valence-electron chi connectivity index (χ2n) is 6.20. The summed E-state index contributed by atoms with van der Waals surface area (Å²) in [5.41, 5.74) is -0.309. The smallest absolute Gasteiger partial charge is 0.408 e. The van der Waals surface area contributed by atoms with Crippen molar-refractivity contribution in [1.29, 1.82) is 0 Å². The van der Waals surface area contributed by atoms with Gasteiger partial charge in [-0.05, 0) is 26.8 Å². The van der Waals surface area contributed by atoms with E-state index in [2.05, 4.69) is 10.6 Å². The number of hydrogen-bond acceptors (Lipinski definition) is 5. The van der Waals surface area contributed by atoms with E-state index in [1.54, 1.807) is 33.8 Å². The van der Waals surface area contributed by atoms with Gasteiger partial charge in [0.1, 0.15) is 17.9 Å². The van der Waals surface area contributed by atoms with Crippen LogP contribution in [0.4, 0.5) is 4.79 Å². The normalized spacial score (nSPS) is 21.5. The second-order valence-corrected chi connectivity index (χ2v) is 6.20. The molecule has 7 nitrogen and oxygen atoms in total. The van der Waals surface area contributed by atoms with E-state index in [-0.39, 0.29) is 30.7 Å². The number of hydrogen-bond donors (Lipinski definition) is 4. The lowest BCUT2D eigenvalue weighted by atomic mass is 9.87. The first-order chi connectivity index (χ1) is 10.1. The maximum absolute atomic E-state index is 11.9. The average molecular weight is 312 g/mol. The van der Waals surface area contributed by atoms with E-state index in [1.165, 1.54) is 6.08 Å². The number of rotatable bonds is 4. The molecule has 0 saturated carbocycles. The Hall–Kier alpha value is -2.02. The number of nitrogens with one attached hydrogen (secondary N) is 2. The fourth-order valence-corrected chi connectivity index (χ4v) is 1.98. The van der Waals surface area contributed by atoms with Crippen LogP contribution >= 0.6 is 0 Å². The Bertz CT molecular complexity index is 491. The van der Waals surface area contributed by atoms with Crippen LogP contribution in [-0.4, -0.2) is 41.0 Å². The van der Waals surface area contributed by atoms with E-state index >= 15 is 0 Å². The van der Waals surface area contributed by atoms with Gasteiger partial charge in [0.2, 0.25) is 5.91 Å². The van der Waals surface area contributed by atoms with Crippen molar-refractivity contribution in [3.63, 3.8) is 0 Å². The Morgan fingerprint density at radius 2 is 2.00 bits per heavy atom. The van der Waals surface area contributed by atoms with Crippen molar-refractivity contribution in [3.8, 4) is 0 Å². The molecule has 4 N–H and O–H groups in total. The summed E-state index contributed by atoms with van der Waals surface area (Å²) in [6, 6.07) is 0. The molecule has 0 saturated heterocycles. The first-order valence-corrected chi connectivity index (χ1v) is 7.13. The van der Waals surface area contributed by atoms with Gasteiger partial charge in [-0.2, -0.15) is 0 Å². The molecule has 2 atom stereocenters. The van der Waals surface area contributed by atoms with Gasteiger partial charge in [0.15, 0.2) is 0 Å². The number of aliphatic hydroxyl groups is 2. The number of amides is 2. The van der Waals surface area contributed by atoms with Gasteiger partial charge in [-0.15, -0.1) is 0 Å². The molecule has 2 amide bonds. The molecule has 0 radical (unpaired) electrons. The zero-order valence-electron chi connectivity index (χ0n) is 13.3. The van der Waals surface area contributed by atoms with Crippen molar-refractivity contribution < 1.29 is 24.5 Å². The molecule has 0 spiro atoms. The van der Waals surface area contributed by atoms with Crippen LogP contribution in [0.25, 0.3) is 0 Å². The van der Waals surface area contributed by atoms with Gasteiger partial charge in [0.25, 0.3) is 0 Å². The molecule has 0 aromatic carbocycles. The highest BCUT2D eigenvalue weighted by Gasteiger charge is 2.26. The lowest BCUT2D eigenvalue weighted by Crippen LogP contribution is -2.41. The molecule has 0 bridgehead atoms. The predicted octanol–water partition coefficient (Wildman–Crippen LogP) is 1.21. The molecule has 0 fully saturated rings. The number of aliphatic hydroxyl groups excluding tert-OH is 2. The Morgan fingerprint density at radius 1 is 1.36 bits per heavy atom. The summed E-state index contributed by atoms with van der Waals surface area (Å²) in [6.07, 6.45) is 2.44. The molecule has 2 unspecified atom stereocenters. The van der Waals surface area contributed by atoms with Crippen molar-refractivity contribution in [2.75, 3.05) is 13.2 Å². The van der Waals surface area contributed by atoms with Crippen molar-refractivity contribution in [1.82, 2.24) is 10.6 Å². The van der Waals surface area contributed by atoms with E-state index in [0.717, 1.165) is 0 Å². The van der Waals surface area contributed by atoms with Crippen LogP contribution in [0.5, 0.6) is 0 Å². The lowest BCUT2D eigenvalue weighted by molar-refractivity contribution is -0.119. The number of ether oxygens (including phenoxy) is 1. The van der Waals surface area contributed by atoms with Crippen molar-refractivity contribution in [2.45, 2.75) is 33.3 Å². The molecule has 1 rings (SSSR count). The molecule has 1 aliphatic carbocycles. The van der Waals surface area contributed by atoms with Crippen LogP contribution in [0.15, 0.2) is 23.6 Å². The third kappa shape index (κ3) is 5.40. The zero-order valence-corrected chi connectivity index (χ0v) is 13.3. The quantitative estimate of drug-likeness (QED) is 0.624. The van der Waals surface area contributed by atoms with Crippen LogP contribution in [0.3, 0.4) is 0 Å². The summed E-state index contributed by atoms with van der Waals surface area (Å²) in [7, 11) is 0. The van der Waals surface area contributed by atoms with E-state index < -0.39 is 17.6 Å². The third-order valence-corrected chi connectivity index (χ3v) is 3.15. The van der Waals surface area contributed by atoms with Crippen molar-refractivity contribution >= 4 is 12.0 Å². The maximum atomic E-state index is 11.9. The van der Waals surface area contributed by atoms with Gasteiger partial charge >= 0.3 is 6.09 Å². The van der Waals surface area contributed by atoms with Crippen molar-refractivity contribution in [3.05, 3.63) is 23.6 Å². The summed E-state index contributed by atoms with van der Waals surface area (Å²) in [6.45, 7) is 6.60. The summed E-state index contributed by atoms with van der Waals surface area (Å²) in [4.78, 5) is 23.3. The highest BCUT2D eigenvalue weighted by molar-refractivity contribution is 5.83. The maximum Gasteiger partial charge on any atom is 0.408 e. The topological polar surface area (TPSA) is 108 Å². The molecule has 7 heteroatoms. The van der Waals surface area contributed by atoms with E-state index in [9.17, 15) is 19.8 Å². The van der Waals surface area contributed by atoms with Gasteiger partial charge in [0, 0.05) is 18.4 Å². The number of alkyl carbamates (subject to hydrolysis) is 1. The van der Waals surface area contributed by atoms with Gasteiger partial charge < -0.3 is 25.6 Å². The first-order valence-electron chi connectivity index (χ1n) is 7.13. The van der Waals surface area contributed by atoms with Crippen molar-refractivity contribution in [2.24, 2.45) is 11.8 Å². The Kier molecular flexibility index (Phi) is 5.99. The highest BCUT2D eigenvalue weighted by Crippen LogP contribution is 2.26. The number of allylic oxidation sites excluding steroid dienone is 2. The minimum absolute atomic E-state index is 0.0529. The SMILES string of the molecule is CC1C(NC(=O)CNC(=O)OC(C)(C)C)=C(O)C=CC1CO. The lowest BCUT2D eigenvalue weighted by Gasteiger charge is -2.26. The largest absolute Gasteiger partial charge is 0.506 e. The molecular formula is C15H24N2O5. The van der Waals surface area contributed by atoms with Crippen LogP contribution in [0, 0.1) is 11.8 Å². The molecule has 1 aliphatic rings. The van der Waals surface area contributed by atoms with Gasteiger partial charge in [-0.25, -0.2) is 4.79 Å². The average Bonchev–Trinajstić information content (AvgIpc) is 2.39. The van der Waals surface area contributed by atoms with Crippen LogP contribution < -0.4 is 10.6 Å². The molecule has 0 aliphatic heterocycles. The predicted molar refractivity (Wildman–Crippen MR) is 80.9 cm³/mol. The van der Waals surface area contributed by atoms with E-state index in [0.29, 0.717) is 5.70 Å². The molecule has 0 aromatic heterocycles. The monoisotopic (exact) mass is 312 g/mol. The summed E-state index contributed by atoms with van der Waals surface area (Å²) < 4.78 is 5.02. The van der Waals surface area contributed by atoms with Crippen LogP contribution in [-0.2, 0) is 9.53 Å². The molecule has 0 heterocycles. The van der Waals surface area contributed by atoms with E-state index in [1.807, 2.05) is 0 Å². The van der Waals surface area contributed by atoms with Gasteiger partial charge in [0.05, 0.1) is 5.70 Å². The van der Waals surface area contributed by atoms with E-state index in [4.69, 9.17) is 4.74 Å². The van der Waals surface area contributed by atoms with Crippen LogP contribution in [0.1, 0.15) is 27.7 Å². The summed E-state index contributed by atoms with van der Waals surface area (Å²) >= 11 is 0.